The summed E-state index contributed by atoms with van der Waals surface area (Å²) in [6, 6.07) is 18.0. The Morgan fingerprint density at radius 1 is 1.05 bits per heavy atom. The van der Waals surface area contributed by atoms with Crippen LogP contribution in [-0.4, -0.2) is 41.0 Å². The molecule has 1 aliphatic heterocycles. The maximum atomic E-state index is 14.7. The number of hydrogen-bond donors (Lipinski definition) is 2. The first-order valence-corrected chi connectivity index (χ1v) is 13.8. The normalized spacial score (nSPS) is 16.6. The van der Waals surface area contributed by atoms with Crippen molar-refractivity contribution in [3.8, 4) is 5.75 Å². The predicted molar refractivity (Wildman–Crippen MR) is 155 cm³/mol. The smallest absolute Gasteiger partial charge is 0.251 e. The van der Waals surface area contributed by atoms with Gasteiger partial charge in [-0.15, -0.1) is 12.4 Å². The average molecular weight is 566 g/mol. The van der Waals surface area contributed by atoms with Gasteiger partial charge in [-0.1, -0.05) is 36.8 Å². The standard InChI is InChI=1S/C32H33F2N3O2.ClH/c33-23-11-14-30-27(16-23)22(19-35-30)8-5-15-37(24-9-4-10-24)25-17-28-26(12-13-29(34)31(28)39-20-25)32(38)36-18-21-6-2-1-3-7-21;/h1-3,6-7,11-14,16,19,24-25,35H,4-5,8-10,15,17-18,20H2,(H,36,38);1H. The number of aromatic nitrogens is 1. The molecule has 1 unspecified atom stereocenters. The topological polar surface area (TPSA) is 57.4 Å². The molecule has 1 aromatic heterocycles. The Morgan fingerprint density at radius 3 is 2.65 bits per heavy atom. The minimum Gasteiger partial charge on any atom is -0.489 e. The number of nitrogens with zero attached hydrogens (tertiary/aromatic N) is 1. The van der Waals surface area contributed by atoms with E-state index in [9.17, 15) is 13.6 Å². The maximum absolute atomic E-state index is 14.7. The number of amides is 1. The molecule has 2 aliphatic rings. The molecular formula is C32H34ClF2N3O2. The van der Waals surface area contributed by atoms with Crippen molar-refractivity contribution in [1.29, 1.82) is 0 Å². The second-order valence-corrected chi connectivity index (χ2v) is 10.7. The molecule has 6 rings (SSSR count). The Balaban J connectivity index is 0.00000323. The Labute approximate surface area is 239 Å². The number of ether oxygens (including phenoxy) is 1. The van der Waals surface area contributed by atoms with E-state index >= 15 is 0 Å². The minimum absolute atomic E-state index is 0. The summed E-state index contributed by atoms with van der Waals surface area (Å²) >= 11 is 0. The van der Waals surface area contributed by atoms with Crippen LogP contribution in [0.1, 0.15) is 52.7 Å². The van der Waals surface area contributed by atoms with Crippen LogP contribution in [0.4, 0.5) is 8.78 Å². The van der Waals surface area contributed by atoms with E-state index in [-0.39, 0.29) is 35.9 Å². The van der Waals surface area contributed by atoms with Crippen LogP contribution in [0, 0.1) is 11.6 Å². The lowest BCUT2D eigenvalue weighted by Crippen LogP contribution is -2.51. The van der Waals surface area contributed by atoms with E-state index in [1.165, 1.54) is 18.6 Å². The number of aryl methyl sites for hydroxylation is 1. The molecule has 210 valence electrons. The molecule has 1 atom stereocenters. The van der Waals surface area contributed by atoms with Gasteiger partial charge in [0.2, 0.25) is 0 Å². The molecular weight excluding hydrogens is 532 g/mol. The molecule has 40 heavy (non-hydrogen) atoms. The molecule has 4 aromatic rings. The van der Waals surface area contributed by atoms with Crippen molar-refractivity contribution in [3.05, 3.63) is 101 Å². The van der Waals surface area contributed by atoms with Gasteiger partial charge in [-0.3, -0.25) is 9.69 Å². The largest absolute Gasteiger partial charge is 0.489 e. The molecule has 0 radical (unpaired) electrons. The quantitative estimate of drug-likeness (QED) is 0.241. The van der Waals surface area contributed by atoms with Gasteiger partial charge in [0.25, 0.3) is 5.91 Å². The Kier molecular flexibility index (Phi) is 8.72. The van der Waals surface area contributed by atoms with Crippen molar-refractivity contribution in [1.82, 2.24) is 15.2 Å². The predicted octanol–water partition coefficient (Wildman–Crippen LogP) is 6.59. The molecule has 2 N–H and O–H groups in total. The van der Waals surface area contributed by atoms with Crippen LogP contribution in [0.2, 0.25) is 0 Å². The Bertz CT molecular complexity index is 1470. The van der Waals surface area contributed by atoms with Gasteiger partial charge in [-0.2, -0.15) is 0 Å². The number of carbonyl (C=O) groups excluding carboxylic acids is 1. The summed E-state index contributed by atoms with van der Waals surface area (Å²) in [6.07, 6.45) is 7.76. The van der Waals surface area contributed by atoms with Crippen molar-refractivity contribution in [2.75, 3.05) is 13.2 Å². The van der Waals surface area contributed by atoms with Crippen LogP contribution in [0.3, 0.4) is 0 Å². The fraction of sp³-hybridized carbons (Fsp3) is 0.344. The highest BCUT2D eigenvalue weighted by atomic mass is 35.5. The van der Waals surface area contributed by atoms with Crippen LogP contribution >= 0.6 is 12.4 Å². The van der Waals surface area contributed by atoms with Crippen molar-refractivity contribution in [3.63, 3.8) is 0 Å². The van der Waals surface area contributed by atoms with E-state index in [0.717, 1.165) is 54.3 Å². The summed E-state index contributed by atoms with van der Waals surface area (Å²) in [7, 11) is 0. The second-order valence-electron chi connectivity index (χ2n) is 10.7. The number of benzene rings is 3. The van der Waals surface area contributed by atoms with E-state index < -0.39 is 5.82 Å². The van der Waals surface area contributed by atoms with E-state index in [4.69, 9.17) is 4.74 Å². The van der Waals surface area contributed by atoms with Crippen molar-refractivity contribution < 1.29 is 18.3 Å². The van der Waals surface area contributed by atoms with E-state index in [1.54, 1.807) is 18.2 Å². The first kappa shape index (κ1) is 28.1. The summed E-state index contributed by atoms with van der Waals surface area (Å²) in [6.45, 7) is 1.66. The summed E-state index contributed by atoms with van der Waals surface area (Å²) in [5.74, 6) is -0.674. The molecule has 0 saturated heterocycles. The molecule has 8 heteroatoms. The van der Waals surface area contributed by atoms with Crippen LogP contribution in [0.25, 0.3) is 10.9 Å². The lowest BCUT2D eigenvalue weighted by atomic mass is 9.87. The van der Waals surface area contributed by atoms with Gasteiger partial charge < -0.3 is 15.0 Å². The molecule has 1 fully saturated rings. The summed E-state index contributed by atoms with van der Waals surface area (Å²) < 4.78 is 34.6. The van der Waals surface area contributed by atoms with Gasteiger partial charge in [0.05, 0.1) is 0 Å². The molecule has 0 spiro atoms. The van der Waals surface area contributed by atoms with Crippen LogP contribution in [0.15, 0.2) is 66.9 Å². The van der Waals surface area contributed by atoms with Crippen molar-refractivity contribution in [2.24, 2.45) is 0 Å². The highest BCUT2D eigenvalue weighted by Crippen LogP contribution is 2.35. The molecule has 3 aromatic carbocycles. The fourth-order valence-electron chi connectivity index (χ4n) is 5.92. The van der Waals surface area contributed by atoms with E-state index in [0.29, 0.717) is 36.7 Å². The maximum Gasteiger partial charge on any atom is 0.251 e. The van der Waals surface area contributed by atoms with E-state index in [2.05, 4.69) is 15.2 Å². The molecule has 2 heterocycles. The highest BCUT2D eigenvalue weighted by Gasteiger charge is 2.35. The zero-order valence-electron chi connectivity index (χ0n) is 22.3. The second kappa shape index (κ2) is 12.4. The van der Waals surface area contributed by atoms with Gasteiger partial charge in [0.15, 0.2) is 11.6 Å². The summed E-state index contributed by atoms with van der Waals surface area (Å²) in [5, 5.41) is 3.91. The molecule has 1 aliphatic carbocycles. The third-order valence-electron chi connectivity index (χ3n) is 8.22. The van der Waals surface area contributed by atoms with Gasteiger partial charge >= 0.3 is 0 Å². The number of halogens is 3. The Hall–Kier alpha value is -3.42. The van der Waals surface area contributed by atoms with Crippen LogP contribution < -0.4 is 10.1 Å². The third kappa shape index (κ3) is 5.86. The third-order valence-corrected chi connectivity index (χ3v) is 8.22. The zero-order chi connectivity index (χ0) is 26.8. The number of fused-ring (bicyclic) bond motifs is 2. The minimum atomic E-state index is -0.426. The lowest BCUT2D eigenvalue weighted by molar-refractivity contribution is 0.0421. The summed E-state index contributed by atoms with van der Waals surface area (Å²) in [4.78, 5) is 18.9. The molecule has 1 amide bonds. The average Bonchev–Trinajstić information content (AvgIpc) is 3.32. The number of nitrogens with one attached hydrogen (secondary N) is 2. The number of rotatable bonds is 9. The fourth-order valence-corrected chi connectivity index (χ4v) is 5.92. The summed E-state index contributed by atoms with van der Waals surface area (Å²) in [5.41, 5.74) is 4.18. The SMILES string of the molecule is Cl.O=C(NCc1ccccc1)c1ccc(F)c2c1CC(N(CCCc1c[nH]c3ccc(F)cc13)C1CCC1)CO2. The van der Waals surface area contributed by atoms with Crippen molar-refractivity contribution >= 4 is 29.2 Å². The number of hydrogen-bond acceptors (Lipinski definition) is 3. The van der Waals surface area contributed by atoms with E-state index in [1.807, 2.05) is 36.5 Å². The molecule has 5 nitrogen and oxygen atoms in total. The first-order valence-electron chi connectivity index (χ1n) is 13.8. The zero-order valence-corrected chi connectivity index (χ0v) is 23.1. The van der Waals surface area contributed by atoms with Gasteiger partial charge in [0, 0.05) is 46.9 Å². The number of H-pyrrole nitrogens is 1. The van der Waals surface area contributed by atoms with Gasteiger partial charge in [0.1, 0.15) is 12.4 Å². The molecule has 0 bridgehead atoms. The van der Waals surface area contributed by atoms with Gasteiger partial charge in [-0.25, -0.2) is 8.78 Å². The highest BCUT2D eigenvalue weighted by molar-refractivity contribution is 5.96. The van der Waals surface area contributed by atoms with Gasteiger partial charge in [-0.05, 0) is 80.1 Å². The number of carbonyl (C=O) groups is 1. The molecule has 1 saturated carbocycles. The van der Waals surface area contributed by atoms with Crippen LogP contribution in [-0.2, 0) is 19.4 Å². The Morgan fingerprint density at radius 2 is 1.88 bits per heavy atom. The van der Waals surface area contributed by atoms with Crippen molar-refractivity contribution in [2.45, 2.75) is 57.2 Å². The van der Waals surface area contributed by atoms with Crippen LogP contribution in [0.5, 0.6) is 5.75 Å². The number of aromatic amines is 1. The lowest BCUT2D eigenvalue weighted by Gasteiger charge is -2.44. The first-order chi connectivity index (χ1) is 19.1. The monoisotopic (exact) mass is 565 g/mol.